The summed E-state index contributed by atoms with van der Waals surface area (Å²) in [6, 6.07) is 0.484. The molecule has 0 spiro atoms. The van der Waals surface area contributed by atoms with Crippen LogP contribution in [0.2, 0.25) is 0 Å². The molecule has 0 amide bonds. The normalized spacial score (nSPS) is 28.1. The Morgan fingerprint density at radius 1 is 1.75 bits per heavy atom. The van der Waals surface area contributed by atoms with Gasteiger partial charge in [0.1, 0.15) is 0 Å². The molecule has 2 unspecified atom stereocenters. The molecule has 0 aromatic rings. The third-order valence-corrected chi connectivity index (χ3v) is 2.97. The first kappa shape index (κ1) is 9.75. The summed E-state index contributed by atoms with van der Waals surface area (Å²) in [5, 5.41) is 0. The molecule has 0 aromatic carbocycles. The summed E-state index contributed by atoms with van der Waals surface area (Å²) in [6.07, 6.45) is 5.44. The van der Waals surface area contributed by atoms with Gasteiger partial charge in [0.25, 0.3) is 0 Å². The van der Waals surface area contributed by atoms with Gasteiger partial charge < -0.3 is 0 Å². The van der Waals surface area contributed by atoms with Crippen molar-refractivity contribution in [1.29, 1.82) is 0 Å². The van der Waals surface area contributed by atoms with Gasteiger partial charge in [0.15, 0.2) is 0 Å². The molecular formula is C10H20N2. The summed E-state index contributed by atoms with van der Waals surface area (Å²) in [6.45, 7) is 8.32. The maximum atomic E-state index is 5.49. The smallest absolute Gasteiger partial charge is 0.0247 e. The molecule has 0 heterocycles. The second kappa shape index (κ2) is 3.58. The van der Waals surface area contributed by atoms with E-state index >= 15 is 0 Å². The van der Waals surface area contributed by atoms with Gasteiger partial charge in [-0.25, -0.2) is 0 Å². The summed E-state index contributed by atoms with van der Waals surface area (Å²) < 4.78 is 0. The van der Waals surface area contributed by atoms with E-state index in [-0.39, 0.29) is 0 Å². The molecule has 1 rings (SSSR count). The maximum Gasteiger partial charge on any atom is 0.0247 e. The van der Waals surface area contributed by atoms with Crippen LogP contribution in [-0.2, 0) is 0 Å². The van der Waals surface area contributed by atoms with Crippen LogP contribution in [0.1, 0.15) is 33.1 Å². The van der Waals surface area contributed by atoms with Crippen LogP contribution < -0.4 is 11.3 Å². The summed E-state index contributed by atoms with van der Waals surface area (Å²) in [7, 11) is 0. The lowest BCUT2D eigenvalue weighted by Crippen LogP contribution is -2.37. The van der Waals surface area contributed by atoms with E-state index in [0.29, 0.717) is 11.5 Å². The molecule has 1 saturated carbocycles. The number of allylic oxidation sites excluding steroid dienone is 1. The fourth-order valence-electron chi connectivity index (χ4n) is 1.89. The SMILES string of the molecule is C=CCCC(NN)C1CC1(C)C. The number of rotatable bonds is 5. The molecule has 1 aliphatic rings. The molecule has 2 nitrogen and oxygen atoms in total. The lowest BCUT2D eigenvalue weighted by molar-refractivity contribution is 0.393. The minimum Gasteiger partial charge on any atom is -0.271 e. The van der Waals surface area contributed by atoms with E-state index in [4.69, 9.17) is 5.84 Å². The third-order valence-electron chi connectivity index (χ3n) is 2.97. The van der Waals surface area contributed by atoms with Gasteiger partial charge in [-0.1, -0.05) is 19.9 Å². The first-order chi connectivity index (χ1) is 5.61. The van der Waals surface area contributed by atoms with E-state index in [1.807, 2.05) is 6.08 Å². The van der Waals surface area contributed by atoms with Crippen molar-refractivity contribution < 1.29 is 0 Å². The number of hydrogen-bond acceptors (Lipinski definition) is 2. The number of nitrogens with one attached hydrogen (secondary N) is 1. The van der Waals surface area contributed by atoms with Gasteiger partial charge in [-0.15, -0.1) is 6.58 Å². The Kier molecular flexibility index (Phi) is 2.91. The molecule has 2 heteroatoms. The lowest BCUT2D eigenvalue weighted by atomic mass is 10.0. The van der Waals surface area contributed by atoms with Crippen LogP contribution in [0.5, 0.6) is 0 Å². The summed E-state index contributed by atoms with van der Waals surface area (Å²) >= 11 is 0. The van der Waals surface area contributed by atoms with Gasteiger partial charge in [-0.3, -0.25) is 11.3 Å². The van der Waals surface area contributed by atoms with Crippen LogP contribution in [0.25, 0.3) is 0 Å². The minimum absolute atomic E-state index is 0.484. The Balaban J connectivity index is 2.32. The van der Waals surface area contributed by atoms with Crippen molar-refractivity contribution in [3.8, 4) is 0 Å². The molecule has 0 radical (unpaired) electrons. The van der Waals surface area contributed by atoms with Crippen molar-refractivity contribution in [1.82, 2.24) is 5.43 Å². The van der Waals surface area contributed by atoms with Crippen molar-refractivity contribution in [3.05, 3.63) is 12.7 Å². The minimum atomic E-state index is 0.484. The number of hydrogen-bond donors (Lipinski definition) is 2. The first-order valence-electron chi connectivity index (χ1n) is 4.69. The Morgan fingerprint density at radius 3 is 2.67 bits per heavy atom. The van der Waals surface area contributed by atoms with Gasteiger partial charge in [-0.05, 0) is 30.6 Å². The zero-order valence-corrected chi connectivity index (χ0v) is 8.14. The summed E-state index contributed by atoms with van der Waals surface area (Å²) in [5.74, 6) is 6.26. The van der Waals surface area contributed by atoms with E-state index in [2.05, 4.69) is 25.9 Å². The quantitative estimate of drug-likeness (QED) is 0.373. The number of nitrogens with two attached hydrogens (primary N) is 1. The molecule has 70 valence electrons. The third kappa shape index (κ3) is 2.08. The zero-order valence-electron chi connectivity index (χ0n) is 8.14. The maximum absolute atomic E-state index is 5.49. The molecule has 3 N–H and O–H groups in total. The largest absolute Gasteiger partial charge is 0.271 e. The van der Waals surface area contributed by atoms with E-state index in [1.54, 1.807) is 0 Å². The standard InChI is InChI=1S/C10H20N2/c1-4-5-6-9(12-11)8-7-10(8,2)3/h4,8-9,12H,1,5-7,11H2,2-3H3. The molecule has 0 bridgehead atoms. The summed E-state index contributed by atoms with van der Waals surface area (Å²) in [5.41, 5.74) is 3.42. The molecule has 1 aliphatic carbocycles. The highest BCUT2D eigenvalue weighted by atomic mass is 15.2. The van der Waals surface area contributed by atoms with Gasteiger partial charge in [0.05, 0.1) is 0 Å². The molecular weight excluding hydrogens is 148 g/mol. The monoisotopic (exact) mass is 168 g/mol. The van der Waals surface area contributed by atoms with Crippen molar-refractivity contribution in [2.45, 2.75) is 39.2 Å². The highest BCUT2D eigenvalue weighted by Gasteiger charge is 2.49. The lowest BCUT2D eigenvalue weighted by Gasteiger charge is -2.16. The second-order valence-electron chi connectivity index (χ2n) is 4.44. The highest BCUT2D eigenvalue weighted by molar-refractivity contribution is 5.01. The molecule has 2 atom stereocenters. The Morgan fingerprint density at radius 2 is 2.33 bits per heavy atom. The Labute approximate surface area is 75.2 Å². The Bertz CT molecular complexity index is 163. The van der Waals surface area contributed by atoms with Crippen LogP contribution in [0.15, 0.2) is 12.7 Å². The van der Waals surface area contributed by atoms with Crippen LogP contribution in [0.3, 0.4) is 0 Å². The summed E-state index contributed by atoms with van der Waals surface area (Å²) in [4.78, 5) is 0. The molecule has 1 fully saturated rings. The van der Waals surface area contributed by atoms with E-state index in [9.17, 15) is 0 Å². The van der Waals surface area contributed by atoms with Crippen molar-refractivity contribution in [2.75, 3.05) is 0 Å². The first-order valence-corrected chi connectivity index (χ1v) is 4.69. The van der Waals surface area contributed by atoms with E-state index in [1.165, 1.54) is 6.42 Å². The fourth-order valence-corrected chi connectivity index (χ4v) is 1.89. The molecule has 0 aromatic heterocycles. The van der Waals surface area contributed by atoms with Crippen molar-refractivity contribution >= 4 is 0 Å². The fraction of sp³-hybridized carbons (Fsp3) is 0.800. The van der Waals surface area contributed by atoms with Crippen molar-refractivity contribution in [3.63, 3.8) is 0 Å². The van der Waals surface area contributed by atoms with Crippen molar-refractivity contribution in [2.24, 2.45) is 17.2 Å². The second-order valence-corrected chi connectivity index (χ2v) is 4.44. The van der Waals surface area contributed by atoms with Gasteiger partial charge in [0, 0.05) is 6.04 Å². The molecule has 12 heavy (non-hydrogen) atoms. The Hall–Kier alpha value is -0.340. The average molecular weight is 168 g/mol. The van der Waals surface area contributed by atoms with Crippen LogP contribution in [-0.4, -0.2) is 6.04 Å². The molecule has 0 saturated heterocycles. The van der Waals surface area contributed by atoms with E-state index < -0.39 is 0 Å². The average Bonchev–Trinajstić information content (AvgIpc) is 2.62. The van der Waals surface area contributed by atoms with Gasteiger partial charge in [-0.2, -0.15) is 0 Å². The highest BCUT2D eigenvalue weighted by Crippen LogP contribution is 2.54. The van der Waals surface area contributed by atoms with Crippen LogP contribution >= 0.6 is 0 Å². The molecule has 0 aliphatic heterocycles. The number of hydrazine groups is 1. The van der Waals surface area contributed by atoms with Crippen LogP contribution in [0.4, 0.5) is 0 Å². The zero-order chi connectivity index (χ0) is 9.19. The predicted octanol–water partition coefficient (Wildman–Crippen LogP) is 1.83. The van der Waals surface area contributed by atoms with Gasteiger partial charge >= 0.3 is 0 Å². The van der Waals surface area contributed by atoms with Crippen LogP contribution in [0, 0.1) is 11.3 Å². The predicted molar refractivity (Wildman–Crippen MR) is 52.4 cm³/mol. The van der Waals surface area contributed by atoms with Gasteiger partial charge in [0.2, 0.25) is 0 Å². The topological polar surface area (TPSA) is 38.0 Å². The van der Waals surface area contributed by atoms with E-state index in [0.717, 1.165) is 18.8 Å².